The number of carbonyl (C=O) groups excluding carboxylic acids is 1. The average Bonchev–Trinajstić information content (AvgIpc) is 3.10. The van der Waals surface area contributed by atoms with E-state index in [1.165, 1.54) is 0 Å². The molecule has 6 nitrogen and oxygen atoms in total. The minimum Gasteiger partial charge on any atom is -0.493 e. The lowest BCUT2D eigenvalue weighted by Gasteiger charge is -2.25. The fourth-order valence-corrected chi connectivity index (χ4v) is 3.67. The zero-order valence-corrected chi connectivity index (χ0v) is 15.6. The fourth-order valence-electron chi connectivity index (χ4n) is 3.54. The van der Waals surface area contributed by atoms with Crippen molar-refractivity contribution in [1.82, 2.24) is 10.2 Å². The molecule has 1 aliphatic heterocycles. The van der Waals surface area contributed by atoms with Gasteiger partial charge in [-0.05, 0) is 18.2 Å². The van der Waals surface area contributed by atoms with Gasteiger partial charge in [0.25, 0.3) is 0 Å². The van der Waals surface area contributed by atoms with Crippen LogP contribution < -0.4 is 14.8 Å². The highest BCUT2D eigenvalue weighted by atomic mass is 35.5. The van der Waals surface area contributed by atoms with Crippen LogP contribution in [0.2, 0.25) is 5.02 Å². The fraction of sp³-hybridized carbons (Fsp3) is 0.200. The molecule has 27 heavy (non-hydrogen) atoms. The highest BCUT2D eigenvalue weighted by Crippen LogP contribution is 2.46. The van der Waals surface area contributed by atoms with Crippen LogP contribution in [-0.2, 0) is 4.79 Å². The monoisotopic (exact) mass is 383 g/mol. The van der Waals surface area contributed by atoms with Gasteiger partial charge in [0, 0.05) is 34.1 Å². The maximum atomic E-state index is 12.3. The molecule has 2 aromatic carbocycles. The van der Waals surface area contributed by atoms with Crippen LogP contribution in [0.5, 0.6) is 11.5 Å². The predicted molar refractivity (Wildman–Crippen MR) is 104 cm³/mol. The lowest BCUT2D eigenvalue weighted by Crippen LogP contribution is -2.23. The summed E-state index contributed by atoms with van der Waals surface area (Å²) >= 11 is 6.02. The number of hydrogen-bond donors (Lipinski definition) is 2. The van der Waals surface area contributed by atoms with Crippen LogP contribution in [0, 0.1) is 0 Å². The Hall–Kier alpha value is -2.99. The minimum absolute atomic E-state index is 0.0912. The van der Waals surface area contributed by atoms with Crippen molar-refractivity contribution in [3.63, 3.8) is 0 Å². The minimum atomic E-state index is -0.219. The highest BCUT2D eigenvalue weighted by Gasteiger charge is 2.34. The zero-order valence-electron chi connectivity index (χ0n) is 14.9. The molecule has 1 aliphatic rings. The Morgan fingerprint density at radius 3 is 2.59 bits per heavy atom. The van der Waals surface area contributed by atoms with E-state index in [-0.39, 0.29) is 18.2 Å². The van der Waals surface area contributed by atoms with Crippen LogP contribution >= 0.6 is 11.6 Å². The Morgan fingerprint density at radius 1 is 1.11 bits per heavy atom. The van der Waals surface area contributed by atoms with Gasteiger partial charge < -0.3 is 14.8 Å². The van der Waals surface area contributed by atoms with E-state index in [1.807, 2.05) is 42.5 Å². The SMILES string of the molecule is COc1cccc(C2CC(=O)Nc3n[nH]c(-c4ccc(Cl)cc4)c32)c1OC. The third-order valence-corrected chi connectivity index (χ3v) is 4.99. The number of para-hydroxylation sites is 1. The van der Waals surface area contributed by atoms with E-state index in [0.717, 1.165) is 22.4 Å². The summed E-state index contributed by atoms with van der Waals surface area (Å²) in [5, 5.41) is 10.9. The van der Waals surface area contributed by atoms with Gasteiger partial charge in [0.15, 0.2) is 17.3 Å². The Morgan fingerprint density at radius 2 is 1.89 bits per heavy atom. The summed E-state index contributed by atoms with van der Waals surface area (Å²) < 4.78 is 11.0. The Balaban J connectivity index is 1.90. The van der Waals surface area contributed by atoms with Gasteiger partial charge in [-0.15, -0.1) is 0 Å². The van der Waals surface area contributed by atoms with E-state index in [4.69, 9.17) is 21.1 Å². The van der Waals surface area contributed by atoms with E-state index in [9.17, 15) is 4.79 Å². The molecule has 0 saturated carbocycles. The molecule has 0 bridgehead atoms. The van der Waals surface area contributed by atoms with Crippen LogP contribution in [0.25, 0.3) is 11.3 Å². The van der Waals surface area contributed by atoms with Gasteiger partial charge >= 0.3 is 0 Å². The number of amides is 1. The molecule has 1 aromatic heterocycles. The lowest BCUT2D eigenvalue weighted by molar-refractivity contribution is -0.116. The Kier molecular flexibility index (Phi) is 4.49. The third-order valence-electron chi connectivity index (χ3n) is 4.74. The van der Waals surface area contributed by atoms with Crippen molar-refractivity contribution in [1.29, 1.82) is 0 Å². The molecule has 0 aliphatic carbocycles. The van der Waals surface area contributed by atoms with E-state index < -0.39 is 0 Å². The summed E-state index contributed by atoms with van der Waals surface area (Å²) in [5.41, 5.74) is 3.58. The van der Waals surface area contributed by atoms with Crippen LogP contribution in [-0.4, -0.2) is 30.3 Å². The van der Waals surface area contributed by atoms with Crippen molar-refractivity contribution >= 4 is 23.3 Å². The lowest BCUT2D eigenvalue weighted by atomic mass is 9.84. The second-order valence-electron chi connectivity index (χ2n) is 6.26. The summed E-state index contributed by atoms with van der Waals surface area (Å²) in [6.45, 7) is 0. The molecule has 0 saturated heterocycles. The molecule has 7 heteroatoms. The van der Waals surface area contributed by atoms with Gasteiger partial charge in [-0.3, -0.25) is 9.89 Å². The molecule has 0 radical (unpaired) electrons. The number of rotatable bonds is 4. The van der Waals surface area contributed by atoms with Crippen molar-refractivity contribution in [2.75, 3.05) is 19.5 Å². The van der Waals surface area contributed by atoms with Crippen molar-refractivity contribution < 1.29 is 14.3 Å². The first kappa shape index (κ1) is 17.4. The molecule has 4 rings (SSSR count). The molecular weight excluding hydrogens is 366 g/mol. The first-order chi connectivity index (χ1) is 13.1. The molecule has 2 N–H and O–H groups in total. The topological polar surface area (TPSA) is 76.2 Å². The maximum Gasteiger partial charge on any atom is 0.226 e. The molecule has 2 heterocycles. The number of carbonyl (C=O) groups is 1. The van der Waals surface area contributed by atoms with Crippen LogP contribution in [0.3, 0.4) is 0 Å². The molecular formula is C20H18ClN3O3. The molecule has 1 amide bonds. The smallest absolute Gasteiger partial charge is 0.226 e. The molecule has 1 atom stereocenters. The van der Waals surface area contributed by atoms with Gasteiger partial charge in [0.05, 0.1) is 19.9 Å². The number of ether oxygens (including phenoxy) is 2. The number of methoxy groups -OCH3 is 2. The molecule has 1 unspecified atom stereocenters. The second kappa shape index (κ2) is 6.96. The largest absolute Gasteiger partial charge is 0.493 e. The van der Waals surface area contributed by atoms with Crippen molar-refractivity contribution in [3.8, 4) is 22.8 Å². The van der Waals surface area contributed by atoms with Gasteiger partial charge in [-0.2, -0.15) is 5.10 Å². The maximum absolute atomic E-state index is 12.3. The second-order valence-corrected chi connectivity index (χ2v) is 6.69. The molecule has 3 aromatic rings. The van der Waals surface area contributed by atoms with Crippen LogP contribution in [0.4, 0.5) is 5.82 Å². The van der Waals surface area contributed by atoms with Crippen molar-refractivity contribution in [3.05, 3.63) is 58.6 Å². The van der Waals surface area contributed by atoms with Gasteiger partial charge in [0.1, 0.15) is 0 Å². The predicted octanol–water partition coefficient (Wildman–Crippen LogP) is 4.22. The van der Waals surface area contributed by atoms with E-state index in [1.54, 1.807) is 14.2 Å². The van der Waals surface area contributed by atoms with Gasteiger partial charge in [0.2, 0.25) is 5.91 Å². The first-order valence-electron chi connectivity index (χ1n) is 8.47. The summed E-state index contributed by atoms with van der Waals surface area (Å²) in [6, 6.07) is 13.2. The van der Waals surface area contributed by atoms with Crippen molar-refractivity contribution in [2.24, 2.45) is 0 Å². The molecule has 138 valence electrons. The quantitative estimate of drug-likeness (QED) is 0.707. The summed E-state index contributed by atoms with van der Waals surface area (Å²) in [7, 11) is 3.19. The van der Waals surface area contributed by atoms with E-state index >= 15 is 0 Å². The normalized spacial score (nSPS) is 15.8. The number of aromatic amines is 1. The number of benzene rings is 2. The number of hydrogen-bond acceptors (Lipinski definition) is 4. The first-order valence-corrected chi connectivity index (χ1v) is 8.85. The number of H-pyrrole nitrogens is 1. The number of nitrogens with one attached hydrogen (secondary N) is 2. The number of aromatic nitrogens is 2. The van der Waals surface area contributed by atoms with Crippen molar-refractivity contribution in [2.45, 2.75) is 12.3 Å². The standard InChI is InChI=1S/C20H18ClN3O3/c1-26-15-5-3-4-13(19(15)27-2)14-10-16(25)22-20-17(14)18(23-24-20)11-6-8-12(21)9-7-11/h3-9,14H,10H2,1-2H3,(H2,22,23,24,25). The summed E-state index contributed by atoms with van der Waals surface area (Å²) in [4.78, 5) is 12.3. The third kappa shape index (κ3) is 3.02. The number of anilines is 1. The van der Waals surface area contributed by atoms with Gasteiger partial charge in [-0.25, -0.2) is 0 Å². The van der Waals surface area contributed by atoms with Crippen LogP contribution in [0.1, 0.15) is 23.5 Å². The molecule has 0 fully saturated rings. The summed E-state index contributed by atoms with van der Waals surface area (Å²) in [6.07, 6.45) is 0.288. The Bertz CT molecular complexity index is 998. The van der Waals surface area contributed by atoms with E-state index in [0.29, 0.717) is 22.3 Å². The van der Waals surface area contributed by atoms with E-state index in [2.05, 4.69) is 15.5 Å². The summed E-state index contributed by atoms with van der Waals surface area (Å²) in [5.74, 6) is 1.47. The van der Waals surface area contributed by atoms with Crippen LogP contribution in [0.15, 0.2) is 42.5 Å². The number of fused-ring (bicyclic) bond motifs is 1. The number of halogens is 1. The number of nitrogens with zero attached hydrogens (tertiary/aromatic N) is 1. The molecule has 0 spiro atoms. The zero-order chi connectivity index (χ0) is 19.0. The van der Waals surface area contributed by atoms with Gasteiger partial charge in [-0.1, -0.05) is 35.9 Å². The average molecular weight is 384 g/mol. The Labute approximate surface area is 161 Å². The highest BCUT2D eigenvalue weighted by molar-refractivity contribution is 6.30.